The first kappa shape index (κ1) is 9.51. The number of carbonyl (C=O) groups is 1. The maximum atomic E-state index is 12.7. The minimum Gasteiger partial charge on any atom is -0.449 e. The molecule has 4 heteroatoms. The molecule has 0 saturated heterocycles. The summed E-state index contributed by atoms with van der Waals surface area (Å²) in [5.74, 6) is -0.203. The smallest absolute Gasteiger partial charge is 0.449 e. The Bertz CT molecular complexity index is 323. The quantitative estimate of drug-likeness (QED) is 0.567. The molecule has 0 aliphatic carbocycles. The first-order chi connectivity index (χ1) is 6.13. The Hall–Kier alpha value is -1.58. The van der Waals surface area contributed by atoms with E-state index in [0.29, 0.717) is 12.0 Å². The van der Waals surface area contributed by atoms with Crippen molar-refractivity contribution in [1.29, 1.82) is 0 Å². The van der Waals surface area contributed by atoms with Gasteiger partial charge in [-0.3, -0.25) is 0 Å². The van der Waals surface area contributed by atoms with Gasteiger partial charge in [-0.05, 0) is 30.2 Å². The van der Waals surface area contributed by atoms with Gasteiger partial charge in [0.25, 0.3) is 0 Å². The van der Waals surface area contributed by atoms with Crippen molar-refractivity contribution in [3.05, 3.63) is 29.6 Å². The van der Waals surface area contributed by atoms with Crippen molar-refractivity contribution in [2.75, 3.05) is 0 Å². The van der Waals surface area contributed by atoms with E-state index in [1.54, 1.807) is 6.92 Å². The lowest BCUT2D eigenvalue weighted by molar-refractivity contribution is 0.144. The monoisotopic (exact) mass is 184 g/mol. The van der Waals surface area contributed by atoms with Crippen molar-refractivity contribution < 1.29 is 19.0 Å². The van der Waals surface area contributed by atoms with Crippen LogP contribution in [0, 0.1) is 5.82 Å². The van der Waals surface area contributed by atoms with Crippen LogP contribution in [-0.2, 0) is 6.42 Å². The Morgan fingerprint density at radius 1 is 1.62 bits per heavy atom. The van der Waals surface area contributed by atoms with Gasteiger partial charge in [0.15, 0.2) is 0 Å². The number of aryl methyl sites for hydroxylation is 1. The van der Waals surface area contributed by atoms with Crippen molar-refractivity contribution in [3.63, 3.8) is 0 Å². The average Bonchev–Trinajstić information content (AvgIpc) is 2.07. The summed E-state index contributed by atoms with van der Waals surface area (Å²) in [6.45, 7) is 1.80. The molecule has 0 atom stereocenters. The van der Waals surface area contributed by atoms with Crippen LogP contribution in [0.2, 0.25) is 0 Å². The molecule has 3 nitrogen and oxygen atoms in total. The number of halogens is 1. The number of carboxylic acid groups (broad SMARTS) is 1. The summed E-state index contributed by atoms with van der Waals surface area (Å²) in [6, 6.07) is 3.73. The minimum absolute atomic E-state index is 0.191. The highest BCUT2D eigenvalue weighted by Crippen LogP contribution is 2.20. The normalized spacial score (nSPS) is 9.69. The van der Waals surface area contributed by atoms with Crippen LogP contribution in [0.25, 0.3) is 0 Å². The zero-order chi connectivity index (χ0) is 9.84. The highest BCUT2D eigenvalue weighted by molar-refractivity contribution is 5.62. The van der Waals surface area contributed by atoms with Gasteiger partial charge in [-0.25, -0.2) is 9.18 Å². The Labute approximate surface area is 74.8 Å². The fourth-order valence-electron chi connectivity index (χ4n) is 1.02. The van der Waals surface area contributed by atoms with Crippen molar-refractivity contribution in [2.45, 2.75) is 13.3 Å². The highest BCUT2D eigenvalue weighted by atomic mass is 19.1. The summed E-state index contributed by atoms with van der Waals surface area (Å²) in [5, 5.41) is 8.34. The molecule has 0 fully saturated rings. The van der Waals surface area contributed by atoms with Crippen molar-refractivity contribution in [2.24, 2.45) is 0 Å². The van der Waals surface area contributed by atoms with E-state index in [0.717, 1.165) is 6.07 Å². The van der Waals surface area contributed by atoms with Crippen LogP contribution in [0.1, 0.15) is 12.5 Å². The molecule has 13 heavy (non-hydrogen) atoms. The second-order valence-corrected chi connectivity index (χ2v) is 2.47. The lowest BCUT2D eigenvalue weighted by atomic mass is 10.1. The number of benzene rings is 1. The van der Waals surface area contributed by atoms with Gasteiger partial charge in [0, 0.05) is 0 Å². The van der Waals surface area contributed by atoms with Crippen molar-refractivity contribution in [3.8, 4) is 5.75 Å². The average molecular weight is 184 g/mol. The molecule has 1 N–H and O–H groups in total. The molecule has 0 saturated carbocycles. The molecule has 0 heterocycles. The number of hydrogen-bond donors (Lipinski definition) is 1. The molecule has 0 spiro atoms. The van der Waals surface area contributed by atoms with Gasteiger partial charge in [-0.2, -0.15) is 0 Å². The van der Waals surface area contributed by atoms with E-state index < -0.39 is 12.0 Å². The second-order valence-electron chi connectivity index (χ2n) is 2.47. The summed E-state index contributed by atoms with van der Waals surface area (Å²) < 4.78 is 17.1. The van der Waals surface area contributed by atoms with E-state index in [1.807, 2.05) is 0 Å². The van der Waals surface area contributed by atoms with Crippen LogP contribution in [0.4, 0.5) is 9.18 Å². The first-order valence-electron chi connectivity index (χ1n) is 3.82. The summed E-state index contributed by atoms with van der Waals surface area (Å²) in [5.41, 5.74) is 0.544. The lowest BCUT2D eigenvalue weighted by Gasteiger charge is -2.05. The molecule has 0 radical (unpaired) electrons. The van der Waals surface area contributed by atoms with Crippen LogP contribution in [0.5, 0.6) is 5.75 Å². The Kier molecular flexibility index (Phi) is 2.84. The van der Waals surface area contributed by atoms with E-state index in [-0.39, 0.29) is 5.75 Å². The SMILES string of the molecule is CCc1cc(F)ccc1OC(=O)O. The molecule has 0 aromatic heterocycles. The third kappa shape index (κ3) is 2.43. The Morgan fingerprint density at radius 3 is 2.85 bits per heavy atom. The molecule has 0 amide bonds. The molecule has 70 valence electrons. The van der Waals surface area contributed by atoms with E-state index in [9.17, 15) is 9.18 Å². The van der Waals surface area contributed by atoms with Crippen molar-refractivity contribution >= 4 is 6.16 Å². The van der Waals surface area contributed by atoms with Crippen LogP contribution in [0.3, 0.4) is 0 Å². The fourth-order valence-corrected chi connectivity index (χ4v) is 1.02. The summed E-state index contributed by atoms with van der Waals surface area (Å²) in [6.07, 6.45) is -0.860. The molecule has 1 aromatic carbocycles. The van der Waals surface area contributed by atoms with E-state index >= 15 is 0 Å². The van der Waals surface area contributed by atoms with Gasteiger partial charge in [0.1, 0.15) is 11.6 Å². The molecule has 1 aromatic rings. The standard InChI is InChI=1S/C9H9FO3/c1-2-6-5-7(10)3-4-8(6)13-9(11)12/h3-5H,2H2,1H3,(H,11,12). The van der Waals surface area contributed by atoms with Gasteiger partial charge in [-0.15, -0.1) is 0 Å². The fraction of sp³-hybridized carbons (Fsp3) is 0.222. The Morgan fingerprint density at radius 2 is 2.31 bits per heavy atom. The number of rotatable bonds is 2. The van der Waals surface area contributed by atoms with Crippen LogP contribution < -0.4 is 4.74 Å². The first-order valence-corrected chi connectivity index (χ1v) is 3.82. The molecule has 0 aliphatic rings. The van der Waals surface area contributed by atoms with Crippen LogP contribution in [0.15, 0.2) is 18.2 Å². The summed E-state index contributed by atoms with van der Waals surface area (Å²) in [7, 11) is 0. The van der Waals surface area contributed by atoms with E-state index in [4.69, 9.17) is 5.11 Å². The van der Waals surface area contributed by atoms with Gasteiger partial charge in [0.2, 0.25) is 0 Å². The van der Waals surface area contributed by atoms with E-state index in [2.05, 4.69) is 4.74 Å². The zero-order valence-electron chi connectivity index (χ0n) is 7.08. The molecule has 0 bridgehead atoms. The van der Waals surface area contributed by atoms with Crippen molar-refractivity contribution in [1.82, 2.24) is 0 Å². The zero-order valence-corrected chi connectivity index (χ0v) is 7.08. The molecular weight excluding hydrogens is 175 g/mol. The van der Waals surface area contributed by atoms with Crippen LogP contribution in [-0.4, -0.2) is 11.3 Å². The summed E-state index contributed by atoms with van der Waals surface area (Å²) in [4.78, 5) is 10.2. The lowest BCUT2D eigenvalue weighted by Crippen LogP contribution is -2.05. The third-order valence-electron chi connectivity index (χ3n) is 1.60. The summed E-state index contributed by atoms with van der Waals surface area (Å²) >= 11 is 0. The van der Waals surface area contributed by atoms with Gasteiger partial charge < -0.3 is 9.84 Å². The molecule has 0 unspecified atom stereocenters. The number of ether oxygens (including phenoxy) is 1. The molecule has 0 aliphatic heterocycles. The second kappa shape index (κ2) is 3.89. The maximum absolute atomic E-state index is 12.7. The predicted octanol–water partition coefficient (Wildman–Crippen LogP) is 2.44. The molecule has 1 rings (SSSR count). The largest absolute Gasteiger partial charge is 0.511 e. The topological polar surface area (TPSA) is 46.5 Å². The predicted molar refractivity (Wildman–Crippen MR) is 44.4 cm³/mol. The third-order valence-corrected chi connectivity index (χ3v) is 1.60. The minimum atomic E-state index is -1.39. The Balaban J connectivity index is 2.99. The van der Waals surface area contributed by atoms with Gasteiger partial charge in [-0.1, -0.05) is 6.92 Å². The van der Waals surface area contributed by atoms with Gasteiger partial charge in [0.05, 0.1) is 0 Å². The maximum Gasteiger partial charge on any atom is 0.511 e. The molecular formula is C9H9FO3. The highest BCUT2D eigenvalue weighted by Gasteiger charge is 2.06. The number of hydrogen-bond acceptors (Lipinski definition) is 2. The van der Waals surface area contributed by atoms with Gasteiger partial charge >= 0.3 is 6.16 Å². The van der Waals surface area contributed by atoms with Crippen LogP contribution >= 0.6 is 0 Å². The van der Waals surface area contributed by atoms with E-state index in [1.165, 1.54) is 12.1 Å².